The number of methoxy groups -OCH3 is 1. The summed E-state index contributed by atoms with van der Waals surface area (Å²) in [7, 11) is 1.48. The molecule has 1 aromatic rings. The summed E-state index contributed by atoms with van der Waals surface area (Å²) in [5, 5.41) is 2.92. The molecule has 0 unspecified atom stereocenters. The van der Waals surface area contributed by atoms with Gasteiger partial charge in [0.15, 0.2) is 0 Å². The van der Waals surface area contributed by atoms with Crippen molar-refractivity contribution in [1.29, 1.82) is 0 Å². The Kier molecular flexibility index (Phi) is 5.85. The van der Waals surface area contributed by atoms with Gasteiger partial charge in [-0.2, -0.15) is 0 Å². The molecule has 1 N–H and O–H groups in total. The highest BCUT2D eigenvalue weighted by Crippen LogP contribution is 2.18. The molecule has 122 valence electrons. The summed E-state index contributed by atoms with van der Waals surface area (Å²) < 4.78 is 32.4. The smallest absolute Gasteiger partial charge is 0.249 e. The zero-order chi connectivity index (χ0) is 16.1. The van der Waals surface area contributed by atoms with E-state index in [2.05, 4.69) is 5.32 Å². The van der Waals surface area contributed by atoms with Crippen molar-refractivity contribution in [3.8, 4) is 0 Å². The molecular weight excluding hydrogens is 290 g/mol. The van der Waals surface area contributed by atoms with Crippen LogP contribution in [0, 0.1) is 11.6 Å². The van der Waals surface area contributed by atoms with Crippen molar-refractivity contribution in [2.45, 2.75) is 38.5 Å². The average molecular weight is 312 g/mol. The first-order valence-electron chi connectivity index (χ1n) is 7.49. The molecule has 1 heterocycles. The molecule has 0 aromatic heterocycles. The lowest BCUT2D eigenvalue weighted by molar-refractivity contribution is -0.131. The van der Waals surface area contributed by atoms with Gasteiger partial charge in [-0.05, 0) is 38.4 Å². The van der Waals surface area contributed by atoms with Crippen LogP contribution < -0.4 is 5.32 Å². The van der Waals surface area contributed by atoms with E-state index in [4.69, 9.17) is 4.74 Å². The lowest BCUT2D eigenvalue weighted by atomic mass is 10.0. The van der Waals surface area contributed by atoms with E-state index in [-0.39, 0.29) is 24.1 Å². The quantitative estimate of drug-likeness (QED) is 0.905. The van der Waals surface area contributed by atoms with Gasteiger partial charge in [0.1, 0.15) is 17.7 Å². The summed E-state index contributed by atoms with van der Waals surface area (Å²) in [6, 6.07) is 3.87. The van der Waals surface area contributed by atoms with Crippen molar-refractivity contribution in [2.75, 3.05) is 20.2 Å². The molecule has 0 aliphatic carbocycles. The highest BCUT2D eigenvalue weighted by molar-refractivity contribution is 5.80. The first kappa shape index (κ1) is 16.8. The van der Waals surface area contributed by atoms with E-state index >= 15 is 0 Å². The Bertz CT molecular complexity index is 505. The second-order valence-corrected chi connectivity index (χ2v) is 5.66. The number of ether oxygens (including phenoxy) is 1. The van der Waals surface area contributed by atoms with Gasteiger partial charge in [-0.15, -0.1) is 0 Å². The summed E-state index contributed by atoms with van der Waals surface area (Å²) in [5.74, 6) is -1.22. The molecule has 2 atom stereocenters. The largest absolute Gasteiger partial charge is 0.372 e. The Morgan fingerprint density at radius 2 is 2.14 bits per heavy atom. The fourth-order valence-corrected chi connectivity index (χ4v) is 2.65. The van der Waals surface area contributed by atoms with Crippen molar-refractivity contribution < 1.29 is 18.3 Å². The van der Waals surface area contributed by atoms with Gasteiger partial charge in [-0.3, -0.25) is 9.69 Å². The maximum Gasteiger partial charge on any atom is 0.249 e. The lowest BCUT2D eigenvalue weighted by Gasteiger charge is -2.33. The fraction of sp³-hybridized carbons (Fsp3) is 0.562. The molecule has 6 heteroatoms. The SMILES string of the molecule is CO[C@@H](C)C(=O)N[C@@H]1CCCN(Cc2c(F)cccc2F)C1. The minimum atomic E-state index is -0.529. The monoisotopic (exact) mass is 312 g/mol. The molecule has 1 aliphatic rings. The van der Waals surface area contributed by atoms with Crippen molar-refractivity contribution in [3.05, 3.63) is 35.4 Å². The van der Waals surface area contributed by atoms with E-state index in [9.17, 15) is 13.6 Å². The van der Waals surface area contributed by atoms with Gasteiger partial charge >= 0.3 is 0 Å². The van der Waals surface area contributed by atoms with E-state index in [1.807, 2.05) is 4.90 Å². The zero-order valence-corrected chi connectivity index (χ0v) is 12.9. The Labute approximate surface area is 129 Å². The van der Waals surface area contributed by atoms with Gasteiger partial charge in [-0.1, -0.05) is 6.07 Å². The van der Waals surface area contributed by atoms with E-state index in [1.165, 1.54) is 25.3 Å². The molecule has 1 fully saturated rings. The predicted octanol–water partition coefficient (Wildman–Crippen LogP) is 2.08. The predicted molar refractivity (Wildman–Crippen MR) is 79.3 cm³/mol. The van der Waals surface area contributed by atoms with Crippen molar-refractivity contribution >= 4 is 5.91 Å². The van der Waals surface area contributed by atoms with E-state index in [1.54, 1.807) is 6.92 Å². The van der Waals surface area contributed by atoms with Crippen LogP contribution >= 0.6 is 0 Å². The van der Waals surface area contributed by atoms with Gasteiger partial charge < -0.3 is 10.1 Å². The summed E-state index contributed by atoms with van der Waals surface area (Å²) in [6.07, 6.45) is 1.24. The van der Waals surface area contributed by atoms with E-state index in [0.29, 0.717) is 6.54 Å². The number of likely N-dealkylation sites (tertiary alicyclic amines) is 1. The summed E-state index contributed by atoms with van der Waals surface area (Å²) in [4.78, 5) is 13.8. The Hall–Kier alpha value is -1.53. The van der Waals surface area contributed by atoms with Crippen LogP contribution in [0.1, 0.15) is 25.3 Å². The molecule has 1 aromatic carbocycles. The maximum absolute atomic E-state index is 13.7. The minimum absolute atomic E-state index is 0.0197. The summed E-state index contributed by atoms with van der Waals surface area (Å²) >= 11 is 0. The second-order valence-electron chi connectivity index (χ2n) is 5.66. The number of benzene rings is 1. The minimum Gasteiger partial charge on any atom is -0.372 e. The standard InChI is InChI=1S/C16H22F2N2O2/c1-11(22-2)16(21)19-12-5-4-8-20(9-12)10-13-14(17)6-3-7-15(13)18/h3,6-7,11-12H,4-5,8-10H2,1-2H3,(H,19,21)/t11-,12+/m0/s1. The molecule has 22 heavy (non-hydrogen) atoms. The Morgan fingerprint density at radius 1 is 1.45 bits per heavy atom. The molecule has 0 radical (unpaired) electrons. The molecule has 1 saturated heterocycles. The highest BCUT2D eigenvalue weighted by atomic mass is 19.1. The molecule has 4 nitrogen and oxygen atoms in total. The van der Waals surface area contributed by atoms with Gasteiger partial charge in [0.25, 0.3) is 0 Å². The number of piperidine rings is 1. The van der Waals surface area contributed by atoms with Crippen LogP contribution in [0.15, 0.2) is 18.2 Å². The normalized spacial score (nSPS) is 20.6. The lowest BCUT2D eigenvalue weighted by Crippen LogP contribution is -2.49. The first-order chi connectivity index (χ1) is 10.5. The van der Waals surface area contributed by atoms with Crippen LogP contribution in [0.25, 0.3) is 0 Å². The van der Waals surface area contributed by atoms with Gasteiger partial charge in [0, 0.05) is 31.8 Å². The van der Waals surface area contributed by atoms with Crippen LogP contribution in [0.3, 0.4) is 0 Å². The first-order valence-corrected chi connectivity index (χ1v) is 7.49. The van der Waals surface area contributed by atoms with Gasteiger partial charge in [-0.25, -0.2) is 8.78 Å². The van der Waals surface area contributed by atoms with Crippen molar-refractivity contribution in [1.82, 2.24) is 10.2 Å². The third-order valence-corrected chi connectivity index (χ3v) is 4.02. The van der Waals surface area contributed by atoms with Gasteiger partial charge in [0.05, 0.1) is 0 Å². The van der Waals surface area contributed by atoms with Crippen molar-refractivity contribution in [2.24, 2.45) is 0 Å². The molecule has 1 aliphatic heterocycles. The summed E-state index contributed by atoms with van der Waals surface area (Å²) in [5.41, 5.74) is 0.0831. The highest BCUT2D eigenvalue weighted by Gasteiger charge is 2.24. The number of nitrogens with one attached hydrogen (secondary N) is 1. The molecule has 0 saturated carbocycles. The zero-order valence-electron chi connectivity index (χ0n) is 12.9. The van der Waals surface area contributed by atoms with E-state index < -0.39 is 17.7 Å². The van der Waals surface area contributed by atoms with Crippen molar-refractivity contribution in [3.63, 3.8) is 0 Å². The number of hydrogen-bond donors (Lipinski definition) is 1. The van der Waals surface area contributed by atoms with Crippen LogP contribution in [-0.2, 0) is 16.1 Å². The van der Waals surface area contributed by atoms with E-state index in [0.717, 1.165) is 19.4 Å². The fourth-order valence-electron chi connectivity index (χ4n) is 2.65. The number of halogens is 2. The van der Waals surface area contributed by atoms with Crippen LogP contribution in [-0.4, -0.2) is 43.2 Å². The second kappa shape index (κ2) is 7.65. The number of carbonyl (C=O) groups excluding carboxylic acids is 1. The number of rotatable bonds is 5. The molecule has 2 rings (SSSR count). The Balaban J connectivity index is 1.95. The molecular formula is C16H22F2N2O2. The topological polar surface area (TPSA) is 41.6 Å². The Morgan fingerprint density at radius 3 is 2.77 bits per heavy atom. The van der Waals surface area contributed by atoms with Gasteiger partial charge in [0.2, 0.25) is 5.91 Å². The number of amides is 1. The third kappa shape index (κ3) is 4.24. The number of hydrogen-bond acceptors (Lipinski definition) is 3. The summed E-state index contributed by atoms with van der Waals surface area (Å²) in [6.45, 7) is 3.24. The molecule has 0 bridgehead atoms. The number of carbonyl (C=O) groups is 1. The van der Waals surface area contributed by atoms with Crippen LogP contribution in [0.2, 0.25) is 0 Å². The average Bonchev–Trinajstić information content (AvgIpc) is 2.50. The maximum atomic E-state index is 13.7. The van der Waals surface area contributed by atoms with Crippen LogP contribution in [0.5, 0.6) is 0 Å². The van der Waals surface area contributed by atoms with Crippen LogP contribution in [0.4, 0.5) is 8.78 Å². The molecule has 0 spiro atoms. The molecule has 1 amide bonds. The third-order valence-electron chi connectivity index (χ3n) is 4.02. The number of nitrogens with zero attached hydrogens (tertiary/aromatic N) is 1.